The summed E-state index contributed by atoms with van der Waals surface area (Å²) in [6.45, 7) is 26.4. The van der Waals surface area contributed by atoms with Gasteiger partial charge in [-0.05, 0) is 112 Å². The van der Waals surface area contributed by atoms with Gasteiger partial charge in [-0.15, -0.1) is 0 Å². The van der Waals surface area contributed by atoms with Crippen LogP contribution in [0.15, 0.2) is 12.1 Å². The SMILES string of the molecule is C.CCC1(C)CC(NC(=O)n2nc(C)cc2C)CC(C)(C)C1.Cc1cc(C)n(C(=O)CCC2(C)CC(C)CC(C)(C)C2)n1. The number of rotatable bonds is 5. The first-order valence-corrected chi connectivity index (χ1v) is 16.1. The van der Waals surface area contributed by atoms with Crippen molar-refractivity contribution in [3.63, 3.8) is 0 Å². The van der Waals surface area contributed by atoms with E-state index in [0.717, 1.165) is 54.4 Å². The summed E-state index contributed by atoms with van der Waals surface area (Å²) in [5.74, 6) is 0.889. The lowest BCUT2D eigenvalue weighted by Gasteiger charge is -2.46. The molecule has 2 aliphatic rings. The number of amides is 1. The summed E-state index contributed by atoms with van der Waals surface area (Å²) in [4.78, 5) is 24.9. The molecule has 0 aromatic carbocycles. The van der Waals surface area contributed by atoms with Crippen molar-refractivity contribution in [3.8, 4) is 0 Å². The van der Waals surface area contributed by atoms with Crippen molar-refractivity contribution in [3.05, 3.63) is 34.9 Å². The van der Waals surface area contributed by atoms with Crippen molar-refractivity contribution in [1.82, 2.24) is 24.9 Å². The predicted octanol–water partition coefficient (Wildman–Crippen LogP) is 9.46. The van der Waals surface area contributed by atoms with Crippen LogP contribution in [-0.4, -0.2) is 37.5 Å². The molecule has 2 aromatic rings. The lowest BCUT2D eigenvalue weighted by atomic mass is 9.60. The van der Waals surface area contributed by atoms with Gasteiger partial charge in [-0.2, -0.15) is 14.9 Å². The number of hydrogen-bond donors (Lipinski definition) is 1. The van der Waals surface area contributed by atoms with E-state index in [0.29, 0.717) is 17.3 Å². The summed E-state index contributed by atoms with van der Waals surface area (Å²) in [7, 11) is 0. The molecule has 7 nitrogen and oxygen atoms in total. The van der Waals surface area contributed by atoms with Crippen LogP contribution in [0.1, 0.15) is 148 Å². The molecule has 0 aliphatic heterocycles. The Morgan fingerprint density at radius 1 is 0.814 bits per heavy atom. The predicted molar refractivity (Wildman–Crippen MR) is 179 cm³/mol. The van der Waals surface area contributed by atoms with Crippen LogP contribution in [0.2, 0.25) is 0 Å². The highest BCUT2D eigenvalue weighted by Crippen LogP contribution is 2.51. The van der Waals surface area contributed by atoms with Gasteiger partial charge in [0, 0.05) is 23.9 Å². The van der Waals surface area contributed by atoms with Crippen LogP contribution in [-0.2, 0) is 0 Å². The van der Waals surface area contributed by atoms with E-state index in [1.165, 1.54) is 30.4 Å². The van der Waals surface area contributed by atoms with E-state index in [4.69, 9.17) is 0 Å². The number of aryl methyl sites for hydroxylation is 4. The molecule has 0 bridgehead atoms. The molecule has 43 heavy (non-hydrogen) atoms. The van der Waals surface area contributed by atoms with E-state index >= 15 is 0 Å². The molecule has 1 N–H and O–H groups in total. The Labute approximate surface area is 263 Å². The van der Waals surface area contributed by atoms with Gasteiger partial charge < -0.3 is 5.32 Å². The maximum absolute atomic E-state index is 12.4. The van der Waals surface area contributed by atoms with Gasteiger partial charge in [0.1, 0.15) is 0 Å². The highest BCUT2D eigenvalue weighted by molar-refractivity contribution is 5.78. The average Bonchev–Trinajstić information content (AvgIpc) is 3.34. The summed E-state index contributed by atoms with van der Waals surface area (Å²) in [6, 6.07) is 4.03. The number of carbonyl (C=O) groups excluding carboxylic acids is 2. The first kappa shape index (κ1) is 36.8. The van der Waals surface area contributed by atoms with E-state index in [1.54, 1.807) is 4.68 Å². The molecule has 2 heterocycles. The van der Waals surface area contributed by atoms with Gasteiger partial charge in [0.2, 0.25) is 5.91 Å². The van der Waals surface area contributed by atoms with Crippen LogP contribution in [0.5, 0.6) is 0 Å². The second-order valence-electron chi connectivity index (χ2n) is 16.3. The smallest absolute Gasteiger partial charge is 0.333 e. The maximum atomic E-state index is 12.4. The van der Waals surface area contributed by atoms with E-state index in [-0.39, 0.29) is 36.2 Å². The summed E-state index contributed by atoms with van der Waals surface area (Å²) in [5, 5.41) is 11.8. The second kappa shape index (κ2) is 13.7. The van der Waals surface area contributed by atoms with Gasteiger partial charge in [-0.25, -0.2) is 9.48 Å². The van der Waals surface area contributed by atoms with Crippen molar-refractivity contribution >= 4 is 11.9 Å². The Bertz CT molecular complexity index is 1250. The third kappa shape index (κ3) is 10.0. The first-order chi connectivity index (χ1) is 19.2. The standard InChI is InChI=1S/C18H30N2O.C17H29N3O.CH4/c1-13-10-17(4,5)12-18(6,11-13)8-7-16(21)20-15(3)9-14(2)19-20;1-7-17(6)10-14(9-16(4,5)11-17)18-15(21)20-13(3)8-12(2)19-20;/h9,13H,7-8,10-12H2,1-6H3;8,14H,7,9-11H2,1-6H3,(H,18,21);1H4. The molecular formula is C36H63N5O2. The molecule has 244 valence electrons. The van der Waals surface area contributed by atoms with Crippen LogP contribution in [0.25, 0.3) is 0 Å². The molecule has 4 rings (SSSR count). The van der Waals surface area contributed by atoms with Crippen molar-refractivity contribution in [1.29, 1.82) is 0 Å². The van der Waals surface area contributed by atoms with Crippen molar-refractivity contribution in [2.45, 2.75) is 154 Å². The molecular weight excluding hydrogens is 534 g/mol. The van der Waals surface area contributed by atoms with Crippen LogP contribution in [0.4, 0.5) is 4.79 Å². The zero-order valence-corrected chi connectivity index (χ0v) is 28.8. The molecule has 4 atom stereocenters. The topological polar surface area (TPSA) is 81.8 Å². The highest BCUT2D eigenvalue weighted by atomic mass is 16.2. The Balaban J connectivity index is 0.000000293. The van der Waals surface area contributed by atoms with Crippen molar-refractivity contribution in [2.75, 3.05) is 0 Å². The molecule has 2 aromatic heterocycles. The molecule has 4 unspecified atom stereocenters. The van der Waals surface area contributed by atoms with Crippen LogP contribution < -0.4 is 5.32 Å². The Morgan fingerprint density at radius 3 is 1.81 bits per heavy atom. The maximum Gasteiger partial charge on any atom is 0.342 e. The third-order valence-electron chi connectivity index (χ3n) is 9.66. The molecule has 2 saturated carbocycles. The van der Waals surface area contributed by atoms with Crippen LogP contribution in [0.3, 0.4) is 0 Å². The van der Waals surface area contributed by atoms with E-state index in [2.05, 4.69) is 70.9 Å². The van der Waals surface area contributed by atoms with E-state index in [9.17, 15) is 9.59 Å². The Hall–Kier alpha value is -2.44. The minimum absolute atomic E-state index is 0. The van der Waals surface area contributed by atoms with Gasteiger partial charge in [-0.1, -0.05) is 69.2 Å². The molecule has 2 aliphatic carbocycles. The largest absolute Gasteiger partial charge is 0.342 e. The van der Waals surface area contributed by atoms with E-state index < -0.39 is 0 Å². The average molecular weight is 598 g/mol. The monoisotopic (exact) mass is 597 g/mol. The lowest BCUT2D eigenvalue weighted by molar-refractivity contribution is 0.0487. The quantitative estimate of drug-likeness (QED) is 0.372. The number of aromatic nitrogens is 4. The number of nitrogens with zero attached hydrogens (tertiary/aromatic N) is 4. The fraction of sp³-hybridized carbons (Fsp3) is 0.778. The molecule has 1 amide bonds. The molecule has 0 saturated heterocycles. The highest BCUT2D eigenvalue weighted by Gasteiger charge is 2.41. The zero-order chi connectivity index (χ0) is 31.7. The fourth-order valence-electron chi connectivity index (χ4n) is 8.82. The third-order valence-corrected chi connectivity index (χ3v) is 9.66. The van der Waals surface area contributed by atoms with Crippen LogP contribution >= 0.6 is 0 Å². The molecule has 7 heteroatoms. The Kier molecular flexibility index (Phi) is 11.7. The number of nitrogens with one attached hydrogen (secondary N) is 1. The number of carbonyl (C=O) groups is 2. The summed E-state index contributed by atoms with van der Waals surface area (Å²) >= 11 is 0. The summed E-state index contributed by atoms with van der Waals surface area (Å²) in [6.07, 6.45) is 9.79. The van der Waals surface area contributed by atoms with Crippen molar-refractivity contribution < 1.29 is 9.59 Å². The van der Waals surface area contributed by atoms with Crippen LogP contribution in [0, 0.1) is 55.3 Å². The van der Waals surface area contributed by atoms with Gasteiger partial charge in [0.05, 0.1) is 11.4 Å². The molecule has 0 spiro atoms. The second-order valence-corrected chi connectivity index (χ2v) is 16.3. The van der Waals surface area contributed by atoms with Gasteiger partial charge in [0.15, 0.2) is 0 Å². The Morgan fingerprint density at radius 2 is 1.33 bits per heavy atom. The van der Waals surface area contributed by atoms with Gasteiger partial charge in [-0.3, -0.25) is 4.79 Å². The number of hydrogen-bond acceptors (Lipinski definition) is 4. The molecule has 0 radical (unpaired) electrons. The molecule has 2 fully saturated rings. The fourth-order valence-corrected chi connectivity index (χ4v) is 8.82. The summed E-state index contributed by atoms with van der Waals surface area (Å²) < 4.78 is 3.07. The van der Waals surface area contributed by atoms with Gasteiger partial charge >= 0.3 is 6.03 Å². The summed E-state index contributed by atoms with van der Waals surface area (Å²) in [5.41, 5.74) is 4.90. The van der Waals surface area contributed by atoms with Crippen molar-refractivity contribution in [2.24, 2.45) is 27.6 Å². The normalized spacial score (nSPS) is 27.8. The van der Waals surface area contributed by atoms with Gasteiger partial charge in [0.25, 0.3) is 0 Å². The zero-order valence-electron chi connectivity index (χ0n) is 28.8. The van der Waals surface area contributed by atoms with E-state index in [1.807, 2.05) is 39.8 Å². The lowest BCUT2D eigenvalue weighted by Crippen LogP contribution is -2.48. The first-order valence-electron chi connectivity index (χ1n) is 16.1. The minimum Gasteiger partial charge on any atom is -0.333 e. The minimum atomic E-state index is -0.0956.